The van der Waals surface area contributed by atoms with Gasteiger partial charge in [-0.1, -0.05) is 20.8 Å². The molecule has 1 unspecified atom stereocenters. The van der Waals surface area contributed by atoms with Crippen LogP contribution in [-0.4, -0.2) is 64.5 Å². The lowest BCUT2D eigenvalue weighted by Gasteiger charge is -2.34. The molecule has 2 heterocycles. The minimum atomic E-state index is 0.164. The largest absolute Gasteiger partial charge is 0.340 e. The second-order valence-electron chi connectivity index (χ2n) is 7.06. The van der Waals surface area contributed by atoms with Crippen molar-refractivity contribution in [3.05, 3.63) is 0 Å². The van der Waals surface area contributed by atoms with Gasteiger partial charge in [0.25, 0.3) is 0 Å². The quantitative estimate of drug-likeness (QED) is 0.859. The summed E-state index contributed by atoms with van der Waals surface area (Å²) >= 11 is 1.74. The van der Waals surface area contributed by atoms with Crippen LogP contribution in [0.2, 0.25) is 0 Å². The first-order valence-electron chi connectivity index (χ1n) is 7.76. The standard InChI is InChI=1S/C15H29N3OS/c1-15(2,3)20-11-14(19)18-9-6-13(10-18)17-7-4-12(16)5-8-17/h12-13H,4-11,16H2,1-3H3. The lowest BCUT2D eigenvalue weighted by atomic mass is 10.0. The fourth-order valence-electron chi connectivity index (χ4n) is 2.92. The summed E-state index contributed by atoms with van der Waals surface area (Å²) in [4.78, 5) is 16.8. The van der Waals surface area contributed by atoms with E-state index >= 15 is 0 Å². The molecule has 2 N–H and O–H groups in total. The third-order valence-corrected chi connectivity index (χ3v) is 5.49. The molecular formula is C15H29N3OS. The van der Waals surface area contributed by atoms with Crippen molar-refractivity contribution in [2.45, 2.75) is 56.9 Å². The molecule has 1 atom stereocenters. The summed E-state index contributed by atoms with van der Waals surface area (Å²) in [6.07, 6.45) is 3.33. The molecule has 5 heteroatoms. The Hall–Kier alpha value is -0.260. The molecule has 2 aliphatic heterocycles. The van der Waals surface area contributed by atoms with Gasteiger partial charge in [0.2, 0.25) is 5.91 Å². The predicted molar refractivity (Wildman–Crippen MR) is 86.0 cm³/mol. The second-order valence-corrected chi connectivity index (χ2v) is 8.86. The number of nitrogens with two attached hydrogens (primary N) is 1. The SMILES string of the molecule is CC(C)(C)SCC(=O)N1CCC(N2CCC(N)CC2)C1. The minimum Gasteiger partial charge on any atom is -0.340 e. The Balaban J connectivity index is 1.76. The van der Waals surface area contributed by atoms with Crippen molar-refractivity contribution in [1.82, 2.24) is 9.80 Å². The summed E-state index contributed by atoms with van der Waals surface area (Å²) in [6.45, 7) is 10.5. The Bertz CT molecular complexity index is 335. The molecule has 4 nitrogen and oxygen atoms in total. The van der Waals surface area contributed by atoms with Crippen LogP contribution in [0.3, 0.4) is 0 Å². The second kappa shape index (κ2) is 6.67. The molecule has 0 aromatic rings. The highest BCUT2D eigenvalue weighted by Crippen LogP contribution is 2.25. The van der Waals surface area contributed by atoms with Gasteiger partial charge >= 0.3 is 0 Å². The number of rotatable bonds is 3. The Morgan fingerprint density at radius 2 is 1.85 bits per heavy atom. The average molecular weight is 299 g/mol. The van der Waals surface area contributed by atoms with Gasteiger partial charge in [-0.25, -0.2) is 0 Å². The maximum atomic E-state index is 12.2. The molecule has 116 valence electrons. The summed E-state index contributed by atoms with van der Waals surface area (Å²) in [7, 11) is 0. The number of piperidine rings is 1. The molecule has 0 radical (unpaired) electrons. The average Bonchev–Trinajstić information content (AvgIpc) is 2.85. The van der Waals surface area contributed by atoms with Crippen molar-refractivity contribution in [1.29, 1.82) is 0 Å². The molecule has 0 saturated carbocycles. The van der Waals surface area contributed by atoms with Gasteiger partial charge in [0.1, 0.15) is 0 Å². The number of carbonyl (C=O) groups excluding carboxylic acids is 1. The van der Waals surface area contributed by atoms with Gasteiger partial charge in [-0.05, 0) is 32.4 Å². The van der Waals surface area contributed by atoms with Crippen LogP contribution in [-0.2, 0) is 4.79 Å². The normalized spacial score (nSPS) is 26.2. The van der Waals surface area contributed by atoms with Crippen molar-refractivity contribution in [2.24, 2.45) is 5.73 Å². The first kappa shape index (κ1) is 16.1. The topological polar surface area (TPSA) is 49.6 Å². The van der Waals surface area contributed by atoms with Crippen LogP contribution in [0.5, 0.6) is 0 Å². The monoisotopic (exact) mass is 299 g/mol. The van der Waals surface area contributed by atoms with Crippen LogP contribution in [0.4, 0.5) is 0 Å². The van der Waals surface area contributed by atoms with Gasteiger partial charge in [-0.3, -0.25) is 9.69 Å². The van der Waals surface area contributed by atoms with E-state index in [1.807, 2.05) is 0 Å². The van der Waals surface area contributed by atoms with Crippen molar-refractivity contribution in [3.63, 3.8) is 0 Å². The van der Waals surface area contributed by atoms with E-state index in [0.717, 1.165) is 45.4 Å². The van der Waals surface area contributed by atoms with E-state index in [1.54, 1.807) is 11.8 Å². The molecule has 0 bridgehead atoms. The van der Waals surface area contributed by atoms with Crippen LogP contribution in [0, 0.1) is 0 Å². The number of hydrogen-bond acceptors (Lipinski definition) is 4. The van der Waals surface area contributed by atoms with Crippen LogP contribution < -0.4 is 5.73 Å². The van der Waals surface area contributed by atoms with E-state index in [1.165, 1.54) is 0 Å². The van der Waals surface area contributed by atoms with Gasteiger partial charge in [-0.2, -0.15) is 0 Å². The molecule has 2 aliphatic rings. The molecule has 0 aromatic carbocycles. The highest BCUT2D eigenvalue weighted by atomic mass is 32.2. The van der Waals surface area contributed by atoms with E-state index in [9.17, 15) is 4.79 Å². The number of likely N-dealkylation sites (tertiary alicyclic amines) is 2. The zero-order chi connectivity index (χ0) is 14.8. The molecule has 0 aromatic heterocycles. The van der Waals surface area contributed by atoms with Crippen LogP contribution in [0.1, 0.15) is 40.0 Å². The van der Waals surface area contributed by atoms with E-state index in [-0.39, 0.29) is 4.75 Å². The summed E-state index contributed by atoms with van der Waals surface area (Å²) < 4.78 is 0.164. The molecule has 0 aliphatic carbocycles. The molecule has 2 saturated heterocycles. The number of amides is 1. The molecule has 2 fully saturated rings. The van der Waals surface area contributed by atoms with E-state index < -0.39 is 0 Å². The number of carbonyl (C=O) groups is 1. The van der Waals surface area contributed by atoms with E-state index in [2.05, 4.69) is 30.6 Å². The van der Waals surface area contributed by atoms with E-state index in [4.69, 9.17) is 5.73 Å². The minimum absolute atomic E-state index is 0.164. The Morgan fingerprint density at radius 3 is 2.45 bits per heavy atom. The van der Waals surface area contributed by atoms with Crippen LogP contribution in [0.25, 0.3) is 0 Å². The molecule has 20 heavy (non-hydrogen) atoms. The van der Waals surface area contributed by atoms with Crippen LogP contribution in [0.15, 0.2) is 0 Å². The van der Waals surface area contributed by atoms with Crippen molar-refractivity contribution >= 4 is 17.7 Å². The van der Waals surface area contributed by atoms with Crippen LogP contribution >= 0.6 is 11.8 Å². The van der Waals surface area contributed by atoms with Crippen molar-refractivity contribution < 1.29 is 4.79 Å². The maximum Gasteiger partial charge on any atom is 0.232 e. The molecule has 2 rings (SSSR count). The number of thioether (sulfide) groups is 1. The Morgan fingerprint density at radius 1 is 1.20 bits per heavy atom. The number of nitrogens with zero attached hydrogens (tertiary/aromatic N) is 2. The predicted octanol–water partition coefficient (Wildman–Crippen LogP) is 1.54. The summed E-state index contributed by atoms with van der Waals surface area (Å²) in [5.74, 6) is 0.919. The van der Waals surface area contributed by atoms with Crippen molar-refractivity contribution in [2.75, 3.05) is 31.9 Å². The highest BCUT2D eigenvalue weighted by molar-refractivity contribution is 8.01. The number of hydrogen-bond donors (Lipinski definition) is 1. The van der Waals surface area contributed by atoms with E-state index in [0.29, 0.717) is 23.7 Å². The summed E-state index contributed by atoms with van der Waals surface area (Å²) in [5, 5.41) is 0. The molecular weight excluding hydrogens is 270 g/mol. The van der Waals surface area contributed by atoms with Gasteiger partial charge in [0, 0.05) is 29.9 Å². The highest BCUT2D eigenvalue weighted by Gasteiger charge is 2.32. The third kappa shape index (κ3) is 4.64. The first-order chi connectivity index (χ1) is 9.35. The zero-order valence-corrected chi connectivity index (χ0v) is 13.9. The summed E-state index contributed by atoms with van der Waals surface area (Å²) in [5.41, 5.74) is 5.96. The van der Waals surface area contributed by atoms with Crippen molar-refractivity contribution in [3.8, 4) is 0 Å². The fourth-order valence-corrected chi connectivity index (χ4v) is 3.66. The van der Waals surface area contributed by atoms with Gasteiger partial charge in [0.05, 0.1) is 5.75 Å². The fraction of sp³-hybridized carbons (Fsp3) is 0.933. The lowest BCUT2D eigenvalue weighted by molar-refractivity contribution is -0.127. The smallest absolute Gasteiger partial charge is 0.232 e. The van der Waals surface area contributed by atoms with Gasteiger partial charge < -0.3 is 10.6 Å². The maximum absolute atomic E-state index is 12.2. The third-order valence-electron chi connectivity index (χ3n) is 4.24. The molecule has 1 amide bonds. The first-order valence-corrected chi connectivity index (χ1v) is 8.75. The Labute approximate surface area is 127 Å². The van der Waals surface area contributed by atoms with Gasteiger partial charge in [-0.15, -0.1) is 11.8 Å². The molecule has 0 spiro atoms. The summed E-state index contributed by atoms with van der Waals surface area (Å²) in [6, 6.07) is 0.944. The Kier molecular flexibility index (Phi) is 5.37. The lowest BCUT2D eigenvalue weighted by Crippen LogP contribution is -2.46. The van der Waals surface area contributed by atoms with Gasteiger partial charge in [0.15, 0.2) is 0 Å². The zero-order valence-electron chi connectivity index (χ0n) is 13.1.